The molecule has 122 valence electrons. The van der Waals surface area contributed by atoms with Crippen LogP contribution < -0.4 is 10.1 Å². The van der Waals surface area contributed by atoms with Crippen molar-refractivity contribution in [2.24, 2.45) is 0 Å². The zero-order valence-corrected chi connectivity index (χ0v) is 13.9. The summed E-state index contributed by atoms with van der Waals surface area (Å²) in [6, 6.07) is 16.3. The first-order chi connectivity index (χ1) is 11.7. The predicted octanol–water partition coefficient (Wildman–Crippen LogP) is 4.09. The summed E-state index contributed by atoms with van der Waals surface area (Å²) in [5.74, 6) is 1.62. The Morgan fingerprint density at radius 1 is 1.17 bits per heavy atom. The number of nitrogens with zero attached hydrogens (tertiary/aromatic N) is 3. The highest BCUT2D eigenvalue weighted by Crippen LogP contribution is 2.38. The Morgan fingerprint density at radius 3 is 2.79 bits per heavy atom. The lowest BCUT2D eigenvalue weighted by Crippen LogP contribution is -2.28. The molecule has 1 aliphatic heterocycles. The average molecular weight is 341 g/mol. The van der Waals surface area contributed by atoms with Crippen LogP contribution in [-0.4, -0.2) is 21.9 Å². The third-order valence-electron chi connectivity index (χ3n) is 4.38. The summed E-state index contributed by atoms with van der Waals surface area (Å²) in [7, 11) is 1.68. The van der Waals surface area contributed by atoms with Crippen LogP contribution in [0.5, 0.6) is 5.75 Å². The van der Waals surface area contributed by atoms with E-state index in [1.54, 1.807) is 13.4 Å². The largest absolute Gasteiger partial charge is 0.497 e. The van der Waals surface area contributed by atoms with Gasteiger partial charge in [0.25, 0.3) is 0 Å². The van der Waals surface area contributed by atoms with Crippen molar-refractivity contribution in [1.82, 2.24) is 14.8 Å². The minimum absolute atomic E-state index is 0.109. The summed E-state index contributed by atoms with van der Waals surface area (Å²) in [4.78, 5) is 4.35. The van der Waals surface area contributed by atoms with Gasteiger partial charge in [-0.15, -0.1) is 0 Å². The van der Waals surface area contributed by atoms with E-state index >= 15 is 0 Å². The zero-order chi connectivity index (χ0) is 16.5. The Labute approximate surface area is 145 Å². The molecule has 2 atom stereocenters. The molecule has 2 heterocycles. The van der Waals surface area contributed by atoms with E-state index in [0.717, 1.165) is 23.1 Å². The van der Waals surface area contributed by atoms with Crippen LogP contribution in [-0.2, 0) is 0 Å². The molecular weight excluding hydrogens is 324 g/mol. The fraction of sp³-hybridized carbons (Fsp3) is 0.222. The van der Waals surface area contributed by atoms with Gasteiger partial charge in [0.05, 0.1) is 19.2 Å². The summed E-state index contributed by atoms with van der Waals surface area (Å²) in [6.45, 7) is 0. The zero-order valence-electron chi connectivity index (χ0n) is 13.2. The Hall–Kier alpha value is -2.53. The maximum absolute atomic E-state index is 6.03. The Balaban J connectivity index is 1.71. The van der Waals surface area contributed by atoms with Gasteiger partial charge >= 0.3 is 0 Å². The van der Waals surface area contributed by atoms with E-state index in [4.69, 9.17) is 16.3 Å². The lowest BCUT2D eigenvalue weighted by molar-refractivity contribution is 0.410. The number of nitrogens with one attached hydrogen (secondary N) is 1. The second-order valence-electron chi connectivity index (χ2n) is 5.80. The van der Waals surface area contributed by atoms with Gasteiger partial charge in [0.2, 0.25) is 5.95 Å². The minimum Gasteiger partial charge on any atom is -0.497 e. The fourth-order valence-electron chi connectivity index (χ4n) is 3.16. The van der Waals surface area contributed by atoms with E-state index in [9.17, 15) is 0 Å². The van der Waals surface area contributed by atoms with Crippen molar-refractivity contribution in [3.63, 3.8) is 0 Å². The SMILES string of the molecule is COc1cccc([C@@H]2C[C@H](c3ccc(Cl)cc3)n3ncnc3N2)c1. The average Bonchev–Trinajstić information content (AvgIpc) is 3.10. The molecule has 0 unspecified atom stereocenters. The number of aromatic nitrogens is 3. The molecule has 4 rings (SSSR count). The van der Waals surface area contributed by atoms with Gasteiger partial charge in [0.1, 0.15) is 12.1 Å². The van der Waals surface area contributed by atoms with Gasteiger partial charge in [-0.2, -0.15) is 10.1 Å². The van der Waals surface area contributed by atoms with Crippen molar-refractivity contribution in [3.8, 4) is 5.75 Å². The quantitative estimate of drug-likeness (QED) is 0.780. The van der Waals surface area contributed by atoms with Crippen molar-refractivity contribution in [2.45, 2.75) is 18.5 Å². The molecule has 3 aromatic rings. The summed E-state index contributed by atoms with van der Waals surface area (Å²) in [5.41, 5.74) is 2.34. The van der Waals surface area contributed by atoms with Crippen molar-refractivity contribution in [3.05, 3.63) is 71.0 Å². The molecule has 0 aliphatic carbocycles. The third-order valence-corrected chi connectivity index (χ3v) is 4.63. The van der Waals surface area contributed by atoms with Crippen LogP contribution >= 0.6 is 11.6 Å². The van der Waals surface area contributed by atoms with E-state index in [0.29, 0.717) is 0 Å². The number of hydrogen-bond acceptors (Lipinski definition) is 4. The van der Waals surface area contributed by atoms with E-state index in [1.807, 2.05) is 41.1 Å². The second kappa shape index (κ2) is 6.17. The van der Waals surface area contributed by atoms with Crippen LogP contribution in [0.1, 0.15) is 29.6 Å². The summed E-state index contributed by atoms with van der Waals surface area (Å²) in [5, 5.41) is 8.58. The first kappa shape index (κ1) is 15.0. The molecule has 0 fully saturated rings. The number of hydrogen-bond donors (Lipinski definition) is 1. The molecule has 6 heteroatoms. The number of ether oxygens (including phenoxy) is 1. The standard InChI is InChI=1S/C18H17ClN4O/c1-24-15-4-2-3-13(9-15)16-10-17(12-5-7-14(19)8-6-12)23-18(22-16)20-11-21-23/h2-9,11,16-17H,10H2,1H3,(H,20,21,22)/t16-,17+/m0/s1. The van der Waals surface area contributed by atoms with Gasteiger partial charge in [-0.1, -0.05) is 35.9 Å². The molecule has 2 aromatic carbocycles. The van der Waals surface area contributed by atoms with Crippen molar-refractivity contribution in [1.29, 1.82) is 0 Å². The highest BCUT2D eigenvalue weighted by molar-refractivity contribution is 6.30. The van der Waals surface area contributed by atoms with E-state index < -0.39 is 0 Å². The Bertz CT molecular complexity index is 846. The molecule has 24 heavy (non-hydrogen) atoms. The van der Waals surface area contributed by atoms with Crippen LogP contribution in [0.25, 0.3) is 0 Å². The topological polar surface area (TPSA) is 52.0 Å². The highest BCUT2D eigenvalue weighted by atomic mass is 35.5. The monoisotopic (exact) mass is 340 g/mol. The molecule has 0 bridgehead atoms. The fourth-order valence-corrected chi connectivity index (χ4v) is 3.29. The number of benzene rings is 2. The van der Waals surface area contributed by atoms with Crippen LogP contribution in [0.2, 0.25) is 5.02 Å². The first-order valence-electron chi connectivity index (χ1n) is 7.80. The van der Waals surface area contributed by atoms with Gasteiger partial charge in [-0.25, -0.2) is 4.68 Å². The molecule has 0 amide bonds. The maximum Gasteiger partial charge on any atom is 0.222 e. The number of anilines is 1. The number of fused-ring (bicyclic) bond motifs is 1. The third kappa shape index (κ3) is 2.71. The molecule has 5 nitrogen and oxygen atoms in total. The molecule has 1 aromatic heterocycles. The van der Waals surface area contributed by atoms with Gasteiger partial charge in [-0.05, 0) is 41.8 Å². The van der Waals surface area contributed by atoms with Crippen LogP contribution in [0.3, 0.4) is 0 Å². The van der Waals surface area contributed by atoms with Gasteiger partial charge < -0.3 is 10.1 Å². The molecule has 0 saturated heterocycles. The number of methoxy groups -OCH3 is 1. The van der Waals surface area contributed by atoms with Crippen LogP contribution in [0, 0.1) is 0 Å². The first-order valence-corrected chi connectivity index (χ1v) is 8.18. The van der Waals surface area contributed by atoms with Gasteiger partial charge in [0.15, 0.2) is 0 Å². The Kier molecular flexibility index (Phi) is 3.86. The molecule has 0 spiro atoms. The number of rotatable bonds is 3. The summed E-state index contributed by atoms with van der Waals surface area (Å²) in [6.07, 6.45) is 2.45. The molecule has 1 aliphatic rings. The Morgan fingerprint density at radius 2 is 2.00 bits per heavy atom. The van der Waals surface area contributed by atoms with E-state index in [2.05, 4.69) is 27.5 Å². The minimum atomic E-state index is 0.109. The lowest BCUT2D eigenvalue weighted by Gasteiger charge is -2.32. The predicted molar refractivity (Wildman–Crippen MR) is 93.6 cm³/mol. The van der Waals surface area contributed by atoms with Crippen LogP contribution in [0.15, 0.2) is 54.9 Å². The molecule has 0 saturated carbocycles. The van der Waals surface area contributed by atoms with E-state index in [-0.39, 0.29) is 12.1 Å². The van der Waals surface area contributed by atoms with Gasteiger partial charge in [0, 0.05) is 5.02 Å². The molecule has 0 radical (unpaired) electrons. The lowest BCUT2D eigenvalue weighted by atomic mass is 9.93. The highest BCUT2D eigenvalue weighted by Gasteiger charge is 2.30. The molecular formula is C18H17ClN4O. The number of halogens is 1. The van der Waals surface area contributed by atoms with E-state index in [1.165, 1.54) is 11.1 Å². The van der Waals surface area contributed by atoms with Crippen molar-refractivity contribution in [2.75, 3.05) is 12.4 Å². The van der Waals surface area contributed by atoms with Gasteiger partial charge in [-0.3, -0.25) is 0 Å². The second-order valence-corrected chi connectivity index (χ2v) is 6.24. The molecule has 1 N–H and O–H groups in total. The smallest absolute Gasteiger partial charge is 0.222 e. The normalized spacial score (nSPS) is 19.4. The van der Waals surface area contributed by atoms with Crippen molar-refractivity contribution >= 4 is 17.5 Å². The summed E-state index contributed by atoms with van der Waals surface area (Å²) >= 11 is 6.03. The van der Waals surface area contributed by atoms with Crippen LogP contribution in [0.4, 0.5) is 5.95 Å². The maximum atomic E-state index is 6.03. The van der Waals surface area contributed by atoms with Crippen molar-refractivity contribution < 1.29 is 4.74 Å². The summed E-state index contributed by atoms with van der Waals surface area (Å²) < 4.78 is 7.28.